The van der Waals surface area contributed by atoms with Crippen LogP contribution in [0.2, 0.25) is 0 Å². The van der Waals surface area contributed by atoms with Crippen LogP contribution in [0.25, 0.3) is 0 Å². The Balaban J connectivity index is 4.95. The highest BCUT2D eigenvalue weighted by Crippen LogP contribution is 2.45. The summed E-state index contributed by atoms with van der Waals surface area (Å²) in [7, 11) is -4.92. The number of rotatable bonds is 4. The topological polar surface area (TPSA) is 132 Å². The van der Waals surface area contributed by atoms with Gasteiger partial charge in [-0.3, -0.25) is 14.2 Å². The molecule has 0 saturated carbocycles. The molecular weight excluding hydrogens is 203 g/mol. The first kappa shape index (κ1) is 12.1. The predicted molar refractivity (Wildman–Crippen MR) is 40.3 cm³/mol. The Morgan fingerprint density at radius 1 is 1.15 bits per heavy atom. The molecule has 0 aliphatic rings. The average Bonchev–Trinajstić information content (AvgIpc) is 1.82. The molecule has 0 aromatic carbocycles. The molecule has 13 heavy (non-hydrogen) atoms. The van der Waals surface area contributed by atoms with Crippen molar-refractivity contribution < 1.29 is 34.2 Å². The van der Waals surface area contributed by atoms with Crippen LogP contribution >= 0.6 is 7.60 Å². The summed E-state index contributed by atoms with van der Waals surface area (Å²) < 4.78 is 10.6. The second-order valence-electron chi connectivity index (χ2n) is 2.50. The zero-order valence-electron chi connectivity index (χ0n) is 6.62. The standard InChI is InChI=1S/C5H9O7P/c1-2(4(6)7)3(5(8)9)13(10,11)12/h2-3H,1H3,(H,6,7)(H,8,9)(H2,10,11,12). The van der Waals surface area contributed by atoms with Gasteiger partial charge in [-0.1, -0.05) is 6.92 Å². The number of hydrogen-bond donors (Lipinski definition) is 4. The molecule has 0 bridgehead atoms. The number of carboxylic acid groups (broad SMARTS) is 2. The molecule has 0 saturated heterocycles. The van der Waals surface area contributed by atoms with Crippen LogP contribution in [0.1, 0.15) is 6.92 Å². The van der Waals surface area contributed by atoms with E-state index in [9.17, 15) is 14.2 Å². The van der Waals surface area contributed by atoms with E-state index in [1.807, 2.05) is 0 Å². The lowest BCUT2D eigenvalue weighted by molar-refractivity contribution is -0.147. The van der Waals surface area contributed by atoms with Crippen molar-refractivity contribution in [3.63, 3.8) is 0 Å². The van der Waals surface area contributed by atoms with Crippen molar-refractivity contribution in [2.75, 3.05) is 0 Å². The fourth-order valence-corrected chi connectivity index (χ4v) is 1.78. The van der Waals surface area contributed by atoms with Gasteiger partial charge in [0.05, 0.1) is 5.92 Å². The first-order chi connectivity index (χ1) is 5.68. The number of carboxylic acids is 2. The van der Waals surface area contributed by atoms with Gasteiger partial charge in [-0.15, -0.1) is 0 Å². The molecule has 0 aromatic heterocycles. The summed E-state index contributed by atoms with van der Waals surface area (Å²) in [6.45, 7) is 0.931. The first-order valence-electron chi connectivity index (χ1n) is 3.18. The van der Waals surface area contributed by atoms with Crippen molar-refractivity contribution >= 4 is 19.5 Å². The van der Waals surface area contributed by atoms with Crippen molar-refractivity contribution in [1.82, 2.24) is 0 Å². The number of aliphatic carboxylic acids is 2. The van der Waals surface area contributed by atoms with Gasteiger partial charge in [-0.2, -0.15) is 0 Å². The van der Waals surface area contributed by atoms with E-state index < -0.39 is 31.1 Å². The highest BCUT2D eigenvalue weighted by atomic mass is 31.2. The summed E-state index contributed by atoms with van der Waals surface area (Å²) in [5.74, 6) is -5.00. The molecule has 0 fully saturated rings. The van der Waals surface area contributed by atoms with Crippen molar-refractivity contribution in [1.29, 1.82) is 0 Å². The smallest absolute Gasteiger partial charge is 0.340 e. The minimum absolute atomic E-state index is 0.931. The van der Waals surface area contributed by atoms with E-state index in [2.05, 4.69) is 0 Å². The van der Waals surface area contributed by atoms with E-state index in [0.29, 0.717) is 0 Å². The Morgan fingerprint density at radius 2 is 1.54 bits per heavy atom. The largest absolute Gasteiger partial charge is 0.481 e. The van der Waals surface area contributed by atoms with E-state index in [1.165, 1.54) is 0 Å². The van der Waals surface area contributed by atoms with Crippen molar-refractivity contribution in [3.8, 4) is 0 Å². The van der Waals surface area contributed by atoms with Crippen LogP contribution < -0.4 is 0 Å². The summed E-state index contributed by atoms with van der Waals surface area (Å²) in [6, 6.07) is 0. The van der Waals surface area contributed by atoms with E-state index in [0.717, 1.165) is 6.92 Å². The van der Waals surface area contributed by atoms with Crippen molar-refractivity contribution in [2.24, 2.45) is 5.92 Å². The lowest BCUT2D eigenvalue weighted by atomic mass is 10.1. The van der Waals surface area contributed by atoms with Crippen molar-refractivity contribution in [2.45, 2.75) is 12.6 Å². The van der Waals surface area contributed by atoms with Crippen LogP contribution in [0.15, 0.2) is 0 Å². The van der Waals surface area contributed by atoms with Crippen LogP contribution in [-0.2, 0) is 14.2 Å². The molecule has 2 unspecified atom stereocenters. The maximum atomic E-state index is 10.6. The summed E-state index contributed by atoms with van der Waals surface area (Å²) in [6.07, 6.45) is 0. The van der Waals surface area contributed by atoms with Gasteiger partial charge in [0.25, 0.3) is 0 Å². The van der Waals surface area contributed by atoms with Gasteiger partial charge in [0, 0.05) is 0 Å². The molecule has 0 spiro atoms. The van der Waals surface area contributed by atoms with Gasteiger partial charge >= 0.3 is 19.5 Å². The molecule has 7 nitrogen and oxygen atoms in total. The average molecular weight is 212 g/mol. The molecule has 0 aliphatic heterocycles. The summed E-state index contributed by atoms with van der Waals surface area (Å²) in [5, 5.41) is 16.7. The van der Waals surface area contributed by atoms with E-state index >= 15 is 0 Å². The molecule has 0 amide bonds. The maximum absolute atomic E-state index is 10.6. The lowest BCUT2D eigenvalue weighted by Crippen LogP contribution is -2.32. The van der Waals surface area contributed by atoms with Crippen LogP contribution in [0.4, 0.5) is 0 Å². The van der Waals surface area contributed by atoms with Gasteiger partial charge < -0.3 is 20.0 Å². The Morgan fingerprint density at radius 3 is 1.62 bits per heavy atom. The fourth-order valence-electron chi connectivity index (χ4n) is 0.784. The third kappa shape index (κ3) is 3.14. The first-order valence-corrected chi connectivity index (χ1v) is 4.87. The molecule has 2 atom stereocenters. The highest BCUT2D eigenvalue weighted by Gasteiger charge is 2.43. The second-order valence-corrected chi connectivity index (χ2v) is 4.23. The summed E-state index contributed by atoms with van der Waals surface area (Å²) >= 11 is 0. The van der Waals surface area contributed by atoms with Crippen molar-refractivity contribution in [3.05, 3.63) is 0 Å². The van der Waals surface area contributed by atoms with Crippen LogP contribution in [0.5, 0.6) is 0 Å². The monoisotopic (exact) mass is 212 g/mol. The third-order valence-corrected chi connectivity index (χ3v) is 2.87. The number of hydrogen-bond acceptors (Lipinski definition) is 3. The van der Waals surface area contributed by atoms with Gasteiger partial charge in [0.1, 0.15) is 0 Å². The summed E-state index contributed by atoms with van der Waals surface area (Å²) in [4.78, 5) is 37.7. The molecule has 0 heterocycles. The van der Waals surface area contributed by atoms with Gasteiger partial charge in [0.15, 0.2) is 5.66 Å². The van der Waals surface area contributed by atoms with E-state index in [4.69, 9.17) is 20.0 Å². The Bertz CT molecular complexity index is 266. The molecule has 4 N–H and O–H groups in total. The molecular formula is C5H9O7P. The zero-order chi connectivity index (χ0) is 10.8. The van der Waals surface area contributed by atoms with E-state index in [1.54, 1.807) is 0 Å². The molecule has 8 heteroatoms. The van der Waals surface area contributed by atoms with Gasteiger partial charge in [0.2, 0.25) is 0 Å². The Labute approximate surface area is 73.2 Å². The second kappa shape index (κ2) is 3.87. The molecule has 0 radical (unpaired) electrons. The highest BCUT2D eigenvalue weighted by molar-refractivity contribution is 7.53. The lowest BCUT2D eigenvalue weighted by Gasteiger charge is -2.17. The van der Waals surface area contributed by atoms with Crippen LogP contribution in [-0.4, -0.2) is 37.6 Å². The SMILES string of the molecule is CC(C(=O)O)C(C(=O)O)P(=O)(O)O. The predicted octanol–water partition coefficient (Wildman–Crippen LogP) is -0.662. The zero-order valence-corrected chi connectivity index (χ0v) is 7.51. The molecule has 0 rings (SSSR count). The fraction of sp³-hybridized carbons (Fsp3) is 0.600. The summed E-state index contributed by atoms with van der Waals surface area (Å²) in [5.41, 5.74) is -2.19. The Kier molecular flexibility index (Phi) is 3.60. The van der Waals surface area contributed by atoms with Crippen LogP contribution in [0, 0.1) is 5.92 Å². The van der Waals surface area contributed by atoms with E-state index in [-0.39, 0.29) is 0 Å². The minimum atomic E-state index is -4.92. The normalized spacial score (nSPS) is 16.2. The maximum Gasteiger partial charge on any atom is 0.340 e. The third-order valence-electron chi connectivity index (χ3n) is 1.48. The van der Waals surface area contributed by atoms with Crippen LogP contribution in [0.3, 0.4) is 0 Å². The Hall–Kier alpha value is -0.910. The quantitative estimate of drug-likeness (QED) is 0.454. The van der Waals surface area contributed by atoms with Gasteiger partial charge in [-0.05, 0) is 0 Å². The molecule has 76 valence electrons. The molecule has 0 aliphatic carbocycles. The minimum Gasteiger partial charge on any atom is -0.481 e. The molecule has 0 aromatic rings. The van der Waals surface area contributed by atoms with Gasteiger partial charge in [-0.25, -0.2) is 0 Å². The number of carbonyl (C=O) groups is 2.